The topological polar surface area (TPSA) is 116 Å². The third-order valence-electron chi connectivity index (χ3n) is 9.25. The molecule has 13 heteroatoms. The number of ether oxygens (including phenoxy) is 4. The maximum atomic E-state index is 12.3. The van der Waals surface area contributed by atoms with E-state index in [4.69, 9.17) is 28.9 Å². The molecule has 12 nitrogen and oxygen atoms in total. The molecule has 6 rings (SSSR count). The molecule has 0 spiro atoms. The van der Waals surface area contributed by atoms with Crippen molar-refractivity contribution >= 4 is 31.0 Å². The monoisotopic (exact) mass is 729 g/mol. The van der Waals surface area contributed by atoms with E-state index >= 15 is 0 Å². The van der Waals surface area contributed by atoms with Gasteiger partial charge in [0, 0.05) is 53.1 Å². The van der Waals surface area contributed by atoms with E-state index in [0.717, 1.165) is 97.8 Å². The fourth-order valence-electron chi connectivity index (χ4n) is 6.62. The van der Waals surface area contributed by atoms with Crippen LogP contribution in [0.5, 0.6) is 5.75 Å². The summed E-state index contributed by atoms with van der Waals surface area (Å²) >= 11 is 0. The van der Waals surface area contributed by atoms with Crippen molar-refractivity contribution in [2.75, 3.05) is 50.9 Å². The predicted molar refractivity (Wildman–Crippen MR) is 206 cm³/mol. The van der Waals surface area contributed by atoms with Gasteiger partial charge in [0.15, 0.2) is 0 Å². The number of amides is 1. The van der Waals surface area contributed by atoms with Gasteiger partial charge in [0.2, 0.25) is 0 Å². The zero-order chi connectivity index (χ0) is 36.7. The SMILES string of the molecule is CC(C)(C)OC(=O)N[C@@H]1CCCN(Cc2ccnc(COc3ccc(-c4cc5c(N6CCOCC6)ncnc5n4COCC[Si](C)(C)C)cc3)c2)C1. The number of likely N-dealkylation sites (tertiary alicyclic amines) is 1. The van der Waals surface area contributed by atoms with Gasteiger partial charge in [-0.1, -0.05) is 19.6 Å². The van der Waals surface area contributed by atoms with Crippen molar-refractivity contribution in [1.82, 2.24) is 29.7 Å². The quantitative estimate of drug-likeness (QED) is 0.118. The minimum absolute atomic E-state index is 0.0692. The van der Waals surface area contributed by atoms with E-state index in [1.54, 1.807) is 6.33 Å². The van der Waals surface area contributed by atoms with Crippen molar-refractivity contribution in [3.8, 4) is 17.0 Å². The highest BCUT2D eigenvalue weighted by Crippen LogP contribution is 2.33. The molecule has 0 aliphatic carbocycles. The molecule has 280 valence electrons. The van der Waals surface area contributed by atoms with Crippen LogP contribution in [0.25, 0.3) is 22.3 Å². The highest BCUT2D eigenvalue weighted by Gasteiger charge is 2.25. The molecule has 1 aromatic carbocycles. The molecule has 5 heterocycles. The van der Waals surface area contributed by atoms with E-state index in [1.807, 2.05) is 45.2 Å². The number of nitrogens with zero attached hydrogens (tertiary/aromatic N) is 6. The summed E-state index contributed by atoms with van der Waals surface area (Å²) in [6.07, 6.45) is 5.11. The third-order valence-corrected chi connectivity index (χ3v) is 11.0. The molecule has 52 heavy (non-hydrogen) atoms. The van der Waals surface area contributed by atoms with Crippen molar-refractivity contribution in [2.45, 2.75) is 90.8 Å². The first-order valence-electron chi connectivity index (χ1n) is 18.5. The van der Waals surface area contributed by atoms with Gasteiger partial charge in [-0.05, 0) is 99.8 Å². The Morgan fingerprint density at radius 1 is 1.02 bits per heavy atom. The number of hydrogen-bond donors (Lipinski definition) is 1. The number of nitrogens with one attached hydrogen (secondary N) is 1. The Kier molecular flexibility index (Phi) is 12.1. The van der Waals surface area contributed by atoms with E-state index in [-0.39, 0.29) is 12.1 Å². The Hall–Kier alpha value is -4.04. The number of rotatable bonds is 13. The lowest BCUT2D eigenvalue weighted by Crippen LogP contribution is -2.48. The molecule has 2 fully saturated rings. The van der Waals surface area contributed by atoms with E-state index < -0.39 is 13.7 Å². The number of alkyl carbamates (subject to hydrolysis) is 1. The third kappa shape index (κ3) is 10.5. The molecule has 1 N–H and O–H groups in total. The van der Waals surface area contributed by atoms with Gasteiger partial charge in [-0.3, -0.25) is 9.88 Å². The number of carbonyl (C=O) groups is 1. The number of benzene rings is 1. The first kappa shape index (κ1) is 37.7. The molecular weight excluding hydrogens is 675 g/mol. The number of pyridine rings is 1. The Bertz CT molecular complexity index is 1780. The lowest BCUT2D eigenvalue weighted by Gasteiger charge is -2.33. The molecule has 2 aliphatic heterocycles. The molecule has 4 aromatic rings. The second-order valence-electron chi connectivity index (χ2n) is 16.0. The van der Waals surface area contributed by atoms with Gasteiger partial charge in [0.1, 0.15) is 42.5 Å². The lowest BCUT2D eigenvalue weighted by molar-refractivity contribution is 0.0470. The number of carbonyl (C=O) groups excluding carboxylic acids is 1. The molecule has 0 saturated carbocycles. The van der Waals surface area contributed by atoms with Crippen molar-refractivity contribution in [3.63, 3.8) is 0 Å². The summed E-state index contributed by atoms with van der Waals surface area (Å²) in [7, 11) is -1.22. The second kappa shape index (κ2) is 16.7. The molecule has 1 atom stereocenters. The van der Waals surface area contributed by atoms with Gasteiger partial charge in [-0.15, -0.1) is 0 Å². The Labute approximate surface area is 308 Å². The summed E-state index contributed by atoms with van der Waals surface area (Å²) in [5.74, 6) is 1.70. The average molecular weight is 730 g/mol. The van der Waals surface area contributed by atoms with E-state index in [9.17, 15) is 4.79 Å². The van der Waals surface area contributed by atoms with Crippen LogP contribution < -0.4 is 15.0 Å². The van der Waals surface area contributed by atoms with Gasteiger partial charge in [-0.2, -0.15) is 0 Å². The van der Waals surface area contributed by atoms with Crippen LogP contribution in [0.1, 0.15) is 44.9 Å². The molecule has 0 radical (unpaired) electrons. The lowest BCUT2D eigenvalue weighted by atomic mass is 10.0. The molecule has 1 amide bonds. The maximum absolute atomic E-state index is 12.3. The van der Waals surface area contributed by atoms with E-state index in [2.05, 4.69) is 68.6 Å². The number of morpholine rings is 1. The summed E-state index contributed by atoms with van der Waals surface area (Å²) in [6, 6.07) is 15.7. The smallest absolute Gasteiger partial charge is 0.407 e. The number of aromatic nitrogens is 4. The highest BCUT2D eigenvalue weighted by molar-refractivity contribution is 6.76. The first-order valence-corrected chi connectivity index (χ1v) is 22.2. The van der Waals surface area contributed by atoms with Gasteiger partial charge in [0.05, 0.1) is 30.0 Å². The van der Waals surface area contributed by atoms with Gasteiger partial charge in [-0.25, -0.2) is 14.8 Å². The largest absolute Gasteiger partial charge is 0.487 e. The number of hydrogen-bond acceptors (Lipinski definition) is 10. The van der Waals surface area contributed by atoms with Gasteiger partial charge < -0.3 is 33.7 Å². The zero-order valence-electron chi connectivity index (χ0n) is 31.7. The van der Waals surface area contributed by atoms with Crippen LogP contribution in [0.2, 0.25) is 25.7 Å². The molecule has 2 aliphatic rings. The summed E-state index contributed by atoms with van der Waals surface area (Å²) in [5.41, 5.74) is 4.47. The Morgan fingerprint density at radius 3 is 2.56 bits per heavy atom. The van der Waals surface area contributed by atoms with Gasteiger partial charge in [0.25, 0.3) is 0 Å². The highest BCUT2D eigenvalue weighted by atomic mass is 28.3. The van der Waals surface area contributed by atoms with Crippen LogP contribution in [0.3, 0.4) is 0 Å². The zero-order valence-corrected chi connectivity index (χ0v) is 32.7. The van der Waals surface area contributed by atoms with Crippen LogP contribution in [0, 0.1) is 0 Å². The van der Waals surface area contributed by atoms with Gasteiger partial charge >= 0.3 is 6.09 Å². The molecule has 0 unspecified atom stereocenters. The van der Waals surface area contributed by atoms with E-state index in [1.165, 1.54) is 5.56 Å². The average Bonchev–Trinajstić information content (AvgIpc) is 3.47. The van der Waals surface area contributed by atoms with Crippen LogP contribution in [0.4, 0.5) is 10.6 Å². The normalized spacial score (nSPS) is 17.3. The molecule has 3 aromatic heterocycles. The fourth-order valence-corrected chi connectivity index (χ4v) is 7.37. The number of anilines is 1. The van der Waals surface area contributed by atoms with Crippen molar-refractivity contribution in [2.24, 2.45) is 0 Å². The summed E-state index contributed by atoms with van der Waals surface area (Å²) in [4.78, 5) is 31.0. The number of piperidine rings is 1. The minimum Gasteiger partial charge on any atom is -0.487 e. The van der Waals surface area contributed by atoms with Crippen LogP contribution in [0.15, 0.2) is 55.0 Å². The standard InChI is InChI=1S/C39H55N7O5Si/c1-39(2,3)51-38(47)43-31-8-7-15-44(25-31)24-29-13-14-40-32(22-29)26-50-33-11-9-30(10-12-33)35-23-34-36(45-16-18-48-19-17-45)41-27-42-37(34)46(35)28-49-20-21-52(4,5)6/h9-14,22-23,27,31H,7-8,15-21,24-26,28H2,1-6H3,(H,43,47)/t31-/m1/s1. The van der Waals surface area contributed by atoms with E-state index in [0.29, 0.717) is 26.6 Å². The molecule has 2 saturated heterocycles. The Morgan fingerprint density at radius 2 is 1.81 bits per heavy atom. The van der Waals surface area contributed by atoms with Crippen LogP contribution >= 0.6 is 0 Å². The van der Waals surface area contributed by atoms with Crippen LogP contribution in [-0.4, -0.2) is 96.2 Å². The fraction of sp³-hybridized carbons (Fsp3) is 0.538. The predicted octanol–water partition coefficient (Wildman–Crippen LogP) is 6.71. The maximum Gasteiger partial charge on any atom is 0.407 e. The minimum atomic E-state index is -1.22. The summed E-state index contributed by atoms with van der Waals surface area (Å²) in [6.45, 7) is 19.8. The van der Waals surface area contributed by atoms with Crippen molar-refractivity contribution in [3.05, 3.63) is 66.2 Å². The van der Waals surface area contributed by atoms with Crippen molar-refractivity contribution < 1.29 is 23.7 Å². The summed E-state index contributed by atoms with van der Waals surface area (Å²) in [5, 5.41) is 4.06. The summed E-state index contributed by atoms with van der Waals surface area (Å²) < 4.78 is 25.7. The Balaban J connectivity index is 1.11. The van der Waals surface area contributed by atoms with Crippen molar-refractivity contribution in [1.29, 1.82) is 0 Å². The molecular formula is C39H55N7O5Si. The number of fused-ring (bicyclic) bond motifs is 1. The first-order chi connectivity index (χ1) is 24.9. The second-order valence-corrected chi connectivity index (χ2v) is 21.6. The molecule has 0 bridgehead atoms. The van der Waals surface area contributed by atoms with Crippen LogP contribution in [-0.2, 0) is 34.1 Å².